The molecule has 0 amide bonds. The van der Waals surface area contributed by atoms with E-state index in [2.05, 4.69) is 0 Å². The molecule has 0 saturated heterocycles. The van der Waals surface area contributed by atoms with Gasteiger partial charge in [-0.25, -0.2) is 0 Å². The summed E-state index contributed by atoms with van der Waals surface area (Å²) in [5, 5.41) is 0. The van der Waals surface area contributed by atoms with Crippen molar-refractivity contribution in [2.45, 2.75) is 0 Å². The van der Waals surface area contributed by atoms with Gasteiger partial charge in [0.2, 0.25) is 0 Å². The van der Waals surface area contributed by atoms with Gasteiger partial charge >= 0.3 is 122 Å². The predicted octanol–water partition coefficient (Wildman–Crippen LogP) is -6.00. The molecule has 0 aliphatic rings. The summed E-state index contributed by atoms with van der Waals surface area (Å²) in [4.78, 5) is 0. The minimum atomic E-state index is 0. The van der Waals surface area contributed by atoms with E-state index in [0.29, 0.717) is 0 Å². The molecule has 0 aliphatic heterocycles. The van der Waals surface area contributed by atoms with Crippen LogP contribution in [-0.2, 0) is 46.5 Å². The Morgan fingerprint density at radius 1 is 0.600 bits per heavy atom. The minimum Gasteiger partial charge on any atom is -2.00 e. The summed E-state index contributed by atoms with van der Waals surface area (Å²) in [6, 6.07) is 0. The summed E-state index contributed by atoms with van der Waals surface area (Å²) in [7, 11) is 0. The van der Waals surface area contributed by atoms with E-state index < -0.39 is 0 Å². The first-order chi connectivity index (χ1) is 0. The molecule has 0 N–H and O–H groups in total. The summed E-state index contributed by atoms with van der Waals surface area (Å²) in [6.45, 7) is 0. The molecule has 0 aliphatic carbocycles. The molecule has 0 atom stereocenters. The molecule has 0 aromatic rings. The van der Waals surface area contributed by atoms with Crippen molar-refractivity contribution >= 4 is 27.0 Å². The van der Waals surface area contributed by atoms with Crippen LogP contribution in [0.2, 0.25) is 0 Å². The average Bonchev–Trinajstić information content (AvgIpc) is 0. The largest absolute Gasteiger partial charge is 2.00 e. The molecule has 0 unspecified atom stereocenters. The van der Waals surface area contributed by atoms with Crippen LogP contribution in [0.1, 0.15) is 0 Å². The maximum atomic E-state index is 0. The van der Waals surface area contributed by atoms with Crippen molar-refractivity contribution in [2.75, 3.05) is 0 Å². The quantitative estimate of drug-likeness (QED) is 0.347. The van der Waals surface area contributed by atoms with Crippen LogP contribution >= 0.6 is 0 Å². The Hall–Kier alpha value is 4.60. The van der Waals surface area contributed by atoms with Crippen molar-refractivity contribution in [1.29, 1.82) is 0 Å². The van der Waals surface area contributed by atoms with Crippen LogP contribution in [0, 0.1) is 0 Å². The van der Waals surface area contributed by atoms with E-state index in [9.17, 15) is 0 Å². The van der Waals surface area contributed by atoms with Crippen LogP contribution in [0.4, 0.5) is 0 Å². The van der Waals surface area contributed by atoms with E-state index in [1.165, 1.54) is 0 Å². The van der Waals surface area contributed by atoms with Crippen molar-refractivity contribution < 1.29 is 122 Å². The summed E-state index contributed by atoms with van der Waals surface area (Å²) in [5.74, 6) is 0. The van der Waals surface area contributed by atoms with Crippen molar-refractivity contribution in [3.05, 3.63) is 0 Å². The van der Waals surface area contributed by atoms with Gasteiger partial charge in [0.15, 0.2) is 0 Å². The molecule has 0 aromatic heterocycles. The summed E-state index contributed by atoms with van der Waals surface area (Å²) >= 11 is 0. The van der Waals surface area contributed by atoms with Crippen LogP contribution < -0.4 is 103 Å². The summed E-state index contributed by atoms with van der Waals surface area (Å²) < 4.78 is 0. The summed E-state index contributed by atoms with van der Waals surface area (Å²) in [6.07, 6.45) is 0. The molecule has 0 radical (unpaired) electrons. The second-order valence-electron chi connectivity index (χ2n) is 0. The van der Waals surface area contributed by atoms with Gasteiger partial charge in [0.1, 0.15) is 0 Å². The molecular formula is K2S2Zn. The number of rotatable bonds is 0. The van der Waals surface area contributed by atoms with Crippen LogP contribution in [0.15, 0.2) is 0 Å². The van der Waals surface area contributed by atoms with Gasteiger partial charge in [0, 0.05) is 0 Å². The van der Waals surface area contributed by atoms with E-state index in [1.807, 2.05) is 0 Å². The van der Waals surface area contributed by atoms with Crippen molar-refractivity contribution in [2.24, 2.45) is 0 Å². The van der Waals surface area contributed by atoms with E-state index in [0.717, 1.165) is 0 Å². The normalized spacial score (nSPS) is 0. The maximum Gasteiger partial charge on any atom is 2.00 e. The van der Waals surface area contributed by atoms with Crippen LogP contribution in [0.5, 0.6) is 0 Å². The second-order valence-corrected chi connectivity index (χ2v) is 0. The molecule has 0 nitrogen and oxygen atoms in total. The maximum absolute atomic E-state index is 0. The second kappa shape index (κ2) is 23.5. The van der Waals surface area contributed by atoms with E-state index in [4.69, 9.17) is 0 Å². The predicted molar refractivity (Wildman–Crippen MR) is 14.7 cm³/mol. The molecule has 0 fully saturated rings. The van der Waals surface area contributed by atoms with E-state index >= 15 is 0 Å². The molecule has 16 valence electrons. The third-order valence-electron chi connectivity index (χ3n) is 0. The van der Waals surface area contributed by atoms with Gasteiger partial charge in [-0.15, -0.1) is 0 Å². The smallest absolute Gasteiger partial charge is 2.00 e. The molecule has 0 aromatic carbocycles. The van der Waals surface area contributed by atoms with Gasteiger partial charge in [0.05, 0.1) is 0 Å². The Morgan fingerprint density at radius 3 is 0.600 bits per heavy atom. The first-order valence-corrected chi connectivity index (χ1v) is 0. The Labute approximate surface area is 144 Å². The molecule has 0 spiro atoms. The van der Waals surface area contributed by atoms with E-state index in [1.54, 1.807) is 0 Å². The Bertz CT molecular complexity index is 7.61. The fourth-order valence-electron chi connectivity index (χ4n) is 0. The average molecular weight is 208 g/mol. The topological polar surface area (TPSA) is 0 Å². The molecule has 0 saturated carbocycles. The molecule has 0 heterocycles. The third kappa shape index (κ3) is 17.7. The Balaban J connectivity index is 0. The SMILES string of the molecule is [K+].[K+].[S-2].[S-2].[Zn+2]. The first kappa shape index (κ1) is 33.6. The fraction of sp³-hybridized carbons (Fsp3) is 0. The van der Waals surface area contributed by atoms with Gasteiger partial charge in [-0.05, 0) is 0 Å². The van der Waals surface area contributed by atoms with Gasteiger partial charge in [-0.3, -0.25) is 0 Å². The van der Waals surface area contributed by atoms with Crippen molar-refractivity contribution in [3.63, 3.8) is 0 Å². The first-order valence-electron chi connectivity index (χ1n) is 0. The Morgan fingerprint density at radius 2 is 0.600 bits per heavy atom. The van der Waals surface area contributed by atoms with Crippen molar-refractivity contribution in [3.8, 4) is 0 Å². The standard InChI is InChI=1S/2K.2S.Zn/q2*+1;2*-2;+2. The van der Waals surface area contributed by atoms with Gasteiger partial charge in [0.25, 0.3) is 0 Å². The zero-order chi connectivity index (χ0) is 0. The van der Waals surface area contributed by atoms with Gasteiger partial charge in [-0.1, -0.05) is 0 Å². The van der Waals surface area contributed by atoms with Crippen molar-refractivity contribution in [1.82, 2.24) is 0 Å². The molecule has 5 heteroatoms. The van der Waals surface area contributed by atoms with Crippen LogP contribution in [0.25, 0.3) is 0 Å². The van der Waals surface area contributed by atoms with Gasteiger partial charge in [-0.2, -0.15) is 0 Å². The molecule has 5 heavy (non-hydrogen) atoms. The summed E-state index contributed by atoms with van der Waals surface area (Å²) in [5.41, 5.74) is 0. The molecule has 0 rings (SSSR count). The van der Waals surface area contributed by atoms with Gasteiger partial charge < -0.3 is 27.0 Å². The zero-order valence-corrected chi connectivity index (χ0v) is 14.4. The Kier molecular flexibility index (Phi) is 158. The minimum absolute atomic E-state index is 0. The fourth-order valence-corrected chi connectivity index (χ4v) is 0. The van der Waals surface area contributed by atoms with Crippen LogP contribution in [0.3, 0.4) is 0 Å². The zero-order valence-electron chi connectivity index (χ0n) is 3.52. The number of hydrogen-bond acceptors (Lipinski definition) is 0. The number of hydrogen-bond donors (Lipinski definition) is 0. The monoisotopic (exact) mass is 206 g/mol. The van der Waals surface area contributed by atoms with E-state index in [-0.39, 0.29) is 149 Å². The third-order valence-corrected chi connectivity index (χ3v) is 0. The molecular weight excluding hydrogens is 208 g/mol. The molecule has 0 bridgehead atoms. The van der Waals surface area contributed by atoms with Crippen LogP contribution in [-0.4, -0.2) is 0 Å².